The fraction of sp³-hybridized carbons (Fsp3) is 0.600. The van der Waals surface area contributed by atoms with Crippen molar-refractivity contribution < 1.29 is 9.84 Å². The molecule has 0 radical (unpaired) electrons. The molecule has 1 aliphatic heterocycles. The van der Waals surface area contributed by atoms with Crippen LogP contribution < -0.4 is 0 Å². The van der Waals surface area contributed by atoms with Crippen LogP contribution in [0.5, 0.6) is 0 Å². The van der Waals surface area contributed by atoms with Crippen molar-refractivity contribution in [2.45, 2.75) is 24.9 Å². The van der Waals surface area contributed by atoms with Crippen LogP contribution in [0, 0.1) is 0 Å². The van der Waals surface area contributed by atoms with E-state index < -0.39 is 5.60 Å². The molecule has 0 bridgehead atoms. The highest BCUT2D eigenvalue weighted by molar-refractivity contribution is 7.16. The molecule has 1 aliphatic rings. The normalized spacial score (nSPS) is 20.6. The molecule has 0 saturated carbocycles. The summed E-state index contributed by atoms with van der Waals surface area (Å²) in [4.78, 5) is 1.11. The third kappa shape index (κ3) is 1.39. The van der Waals surface area contributed by atoms with E-state index in [-0.39, 0.29) is 5.41 Å². The van der Waals surface area contributed by atoms with Crippen LogP contribution in [0.3, 0.4) is 0 Å². The van der Waals surface area contributed by atoms with Gasteiger partial charge >= 0.3 is 0 Å². The molecule has 1 saturated heterocycles. The molecular formula is C10H13ClO2S. The highest BCUT2D eigenvalue weighted by Crippen LogP contribution is 2.45. The Morgan fingerprint density at radius 2 is 2.14 bits per heavy atom. The van der Waals surface area contributed by atoms with Gasteiger partial charge in [-0.1, -0.05) is 11.6 Å². The van der Waals surface area contributed by atoms with Crippen molar-refractivity contribution in [1.29, 1.82) is 0 Å². The molecular weight excluding hydrogens is 220 g/mol. The van der Waals surface area contributed by atoms with Crippen molar-refractivity contribution in [1.82, 2.24) is 0 Å². The zero-order valence-corrected chi connectivity index (χ0v) is 9.78. The predicted octanol–water partition coefficient (Wildman–Crippen LogP) is 2.44. The van der Waals surface area contributed by atoms with Gasteiger partial charge in [-0.25, -0.2) is 0 Å². The molecule has 0 unspecified atom stereocenters. The van der Waals surface area contributed by atoms with E-state index >= 15 is 0 Å². The average Bonchev–Trinajstić information content (AvgIpc) is 2.29. The largest absolute Gasteiger partial charge is 0.389 e. The Morgan fingerprint density at radius 1 is 1.50 bits per heavy atom. The Bertz CT molecular complexity index is 336. The first-order chi connectivity index (χ1) is 6.46. The molecule has 2 rings (SSSR count). The molecule has 1 fully saturated rings. The number of aliphatic hydroxyl groups is 1. The molecule has 1 aromatic rings. The molecule has 2 heterocycles. The molecule has 1 aromatic heterocycles. The number of rotatable bonds is 2. The first kappa shape index (κ1) is 10.4. The second kappa shape index (κ2) is 3.20. The van der Waals surface area contributed by atoms with Crippen molar-refractivity contribution in [3.05, 3.63) is 21.3 Å². The topological polar surface area (TPSA) is 29.5 Å². The third-order valence-corrected chi connectivity index (χ3v) is 4.35. The van der Waals surface area contributed by atoms with Gasteiger partial charge in [0.15, 0.2) is 0 Å². The Kier molecular flexibility index (Phi) is 2.39. The summed E-state index contributed by atoms with van der Waals surface area (Å²) in [5.41, 5.74) is -1.02. The summed E-state index contributed by atoms with van der Waals surface area (Å²) < 4.78 is 5.99. The lowest BCUT2D eigenvalue weighted by molar-refractivity contribution is -0.155. The molecule has 78 valence electrons. The van der Waals surface area contributed by atoms with E-state index in [0.29, 0.717) is 13.2 Å². The van der Waals surface area contributed by atoms with Crippen LogP contribution in [0.2, 0.25) is 4.34 Å². The van der Waals surface area contributed by atoms with Crippen molar-refractivity contribution >= 4 is 22.9 Å². The molecule has 0 aliphatic carbocycles. The van der Waals surface area contributed by atoms with Crippen LogP contribution >= 0.6 is 22.9 Å². The monoisotopic (exact) mass is 232 g/mol. The average molecular weight is 233 g/mol. The Morgan fingerprint density at radius 3 is 2.43 bits per heavy atom. The van der Waals surface area contributed by atoms with Crippen molar-refractivity contribution in [2.75, 3.05) is 13.2 Å². The van der Waals surface area contributed by atoms with E-state index in [1.165, 1.54) is 11.3 Å². The van der Waals surface area contributed by atoms with E-state index in [9.17, 15) is 5.11 Å². The first-order valence-corrected chi connectivity index (χ1v) is 5.71. The van der Waals surface area contributed by atoms with Gasteiger partial charge < -0.3 is 9.84 Å². The lowest BCUT2D eigenvalue weighted by atomic mass is 9.71. The van der Waals surface area contributed by atoms with Crippen LogP contribution in [-0.2, 0) is 10.2 Å². The van der Waals surface area contributed by atoms with E-state index in [1.54, 1.807) is 0 Å². The second-order valence-electron chi connectivity index (χ2n) is 4.24. The van der Waals surface area contributed by atoms with Gasteiger partial charge in [0, 0.05) is 4.88 Å². The summed E-state index contributed by atoms with van der Waals surface area (Å²) in [7, 11) is 0. The van der Waals surface area contributed by atoms with E-state index in [2.05, 4.69) is 0 Å². The molecule has 2 nitrogen and oxygen atoms in total. The van der Waals surface area contributed by atoms with Crippen molar-refractivity contribution in [2.24, 2.45) is 0 Å². The lowest BCUT2D eigenvalue weighted by Crippen LogP contribution is -2.60. The lowest BCUT2D eigenvalue weighted by Gasteiger charge is -2.49. The molecule has 4 heteroatoms. The molecule has 0 aromatic carbocycles. The fourth-order valence-electron chi connectivity index (χ4n) is 1.67. The van der Waals surface area contributed by atoms with Gasteiger partial charge in [0.05, 0.1) is 28.6 Å². The predicted molar refractivity (Wildman–Crippen MR) is 58.1 cm³/mol. The van der Waals surface area contributed by atoms with Crippen LogP contribution in [0.25, 0.3) is 0 Å². The maximum Gasteiger partial charge on any atom is 0.0931 e. The number of thiophene rings is 1. The Balaban J connectivity index is 2.38. The fourth-order valence-corrected chi connectivity index (χ4v) is 3.03. The SMILES string of the molecule is CC(C)(O)C1(c2ccc(Cl)s2)COC1. The second-order valence-corrected chi connectivity index (χ2v) is 5.95. The van der Waals surface area contributed by atoms with Crippen LogP contribution in [0.15, 0.2) is 12.1 Å². The molecule has 14 heavy (non-hydrogen) atoms. The van der Waals surface area contributed by atoms with Gasteiger partial charge in [0.25, 0.3) is 0 Å². The molecule has 0 atom stereocenters. The van der Waals surface area contributed by atoms with Crippen LogP contribution in [0.1, 0.15) is 18.7 Å². The zero-order chi connectivity index (χ0) is 10.4. The Labute approximate surface area is 92.5 Å². The highest BCUT2D eigenvalue weighted by atomic mass is 35.5. The highest BCUT2D eigenvalue weighted by Gasteiger charge is 2.52. The minimum atomic E-state index is -0.764. The molecule has 1 N–H and O–H groups in total. The summed E-state index contributed by atoms with van der Waals surface area (Å²) in [5.74, 6) is 0. The van der Waals surface area contributed by atoms with E-state index in [0.717, 1.165) is 9.21 Å². The van der Waals surface area contributed by atoms with Gasteiger partial charge in [-0.15, -0.1) is 11.3 Å². The van der Waals surface area contributed by atoms with Gasteiger partial charge in [-0.3, -0.25) is 0 Å². The number of hydrogen-bond acceptors (Lipinski definition) is 3. The van der Waals surface area contributed by atoms with E-state index in [1.807, 2.05) is 26.0 Å². The smallest absolute Gasteiger partial charge is 0.0931 e. The van der Waals surface area contributed by atoms with Gasteiger partial charge in [-0.05, 0) is 26.0 Å². The quantitative estimate of drug-likeness (QED) is 0.849. The van der Waals surface area contributed by atoms with Crippen molar-refractivity contribution in [3.63, 3.8) is 0 Å². The molecule has 0 amide bonds. The maximum atomic E-state index is 10.1. The summed E-state index contributed by atoms with van der Waals surface area (Å²) in [6.07, 6.45) is 0. The van der Waals surface area contributed by atoms with Crippen molar-refractivity contribution in [3.8, 4) is 0 Å². The summed E-state index contributed by atoms with van der Waals surface area (Å²) in [6.45, 7) is 4.80. The number of halogens is 1. The minimum Gasteiger partial charge on any atom is -0.389 e. The summed E-state index contributed by atoms with van der Waals surface area (Å²) in [5, 5.41) is 10.1. The number of ether oxygens (including phenoxy) is 1. The molecule has 0 spiro atoms. The van der Waals surface area contributed by atoms with Gasteiger partial charge in [0.2, 0.25) is 0 Å². The Hall–Kier alpha value is -0.0900. The number of hydrogen-bond donors (Lipinski definition) is 1. The maximum absolute atomic E-state index is 10.1. The van der Waals surface area contributed by atoms with Crippen LogP contribution in [-0.4, -0.2) is 23.9 Å². The zero-order valence-electron chi connectivity index (χ0n) is 8.21. The standard InChI is InChI=1S/C10H13ClO2S/c1-9(2,12)10(5-13-6-10)7-3-4-8(11)14-7/h3-4,12H,5-6H2,1-2H3. The summed E-state index contributed by atoms with van der Waals surface area (Å²) in [6, 6.07) is 3.85. The minimum absolute atomic E-state index is 0.259. The van der Waals surface area contributed by atoms with Crippen LogP contribution in [0.4, 0.5) is 0 Å². The van der Waals surface area contributed by atoms with E-state index in [4.69, 9.17) is 16.3 Å². The van der Waals surface area contributed by atoms with Gasteiger partial charge in [-0.2, -0.15) is 0 Å². The van der Waals surface area contributed by atoms with Gasteiger partial charge in [0.1, 0.15) is 0 Å². The third-order valence-electron chi connectivity index (χ3n) is 2.91. The summed E-state index contributed by atoms with van der Waals surface area (Å²) >= 11 is 7.42. The first-order valence-electron chi connectivity index (χ1n) is 4.52.